The smallest absolute Gasteiger partial charge is 0.212 e. The summed E-state index contributed by atoms with van der Waals surface area (Å²) in [6.45, 7) is 0. The minimum Gasteiger partial charge on any atom is -0.212 e. The molecule has 0 unspecified atom stereocenters. The van der Waals surface area contributed by atoms with Crippen LogP contribution in [0.5, 0.6) is 0 Å². The third-order valence-electron chi connectivity index (χ3n) is 3.81. The number of rotatable bonds is 4. The normalized spacial score (nSPS) is 26.6. The van der Waals surface area contributed by atoms with E-state index in [0.717, 1.165) is 31.6 Å². The largest absolute Gasteiger partial charge is 0.238 e. The van der Waals surface area contributed by atoms with Crippen molar-refractivity contribution in [2.45, 2.75) is 56.1 Å². The molecule has 0 amide bonds. The fourth-order valence-corrected chi connectivity index (χ4v) is 4.17. The van der Waals surface area contributed by atoms with Crippen LogP contribution < -0.4 is 0 Å². The van der Waals surface area contributed by atoms with E-state index in [4.69, 9.17) is 10.7 Å². The second kappa shape index (κ2) is 3.67. The monoisotopic (exact) mass is 236 g/mol. The Labute approximate surface area is 90.4 Å². The first kappa shape index (κ1) is 10.7. The second-order valence-corrected chi connectivity index (χ2v) is 7.77. The summed E-state index contributed by atoms with van der Waals surface area (Å²) in [6, 6.07) is 0. The zero-order valence-corrected chi connectivity index (χ0v) is 9.91. The highest BCUT2D eigenvalue weighted by Gasteiger charge is 2.53. The topological polar surface area (TPSA) is 34.1 Å². The molecule has 2 rings (SSSR count). The molecule has 0 heterocycles. The van der Waals surface area contributed by atoms with Crippen molar-refractivity contribution in [3.8, 4) is 0 Å². The van der Waals surface area contributed by atoms with Crippen LogP contribution in [0.3, 0.4) is 0 Å². The average molecular weight is 237 g/mol. The van der Waals surface area contributed by atoms with Crippen LogP contribution in [0.1, 0.15) is 51.4 Å². The summed E-state index contributed by atoms with van der Waals surface area (Å²) in [5, 5.41) is 0. The molecule has 0 N–H and O–H groups in total. The summed E-state index contributed by atoms with van der Waals surface area (Å²) < 4.78 is 22.1. The Hall–Kier alpha value is 0.240. The highest BCUT2D eigenvalue weighted by Crippen LogP contribution is 2.50. The van der Waals surface area contributed by atoms with E-state index in [2.05, 4.69) is 0 Å². The van der Waals surface area contributed by atoms with Gasteiger partial charge in [-0.2, -0.15) is 0 Å². The van der Waals surface area contributed by atoms with Gasteiger partial charge in [-0.15, -0.1) is 0 Å². The van der Waals surface area contributed by atoms with Gasteiger partial charge in [0.15, 0.2) is 0 Å². The fourth-order valence-electron chi connectivity index (χ4n) is 2.52. The number of hydrogen-bond donors (Lipinski definition) is 0. The molecule has 2 aliphatic rings. The molecule has 0 bridgehead atoms. The molecule has 0 atom stereocenters. The molecule has 0 saturated heterocycles. The van der Waals surface area contributed by atoms with Crippen LogP contribution in [0.4, 0.5) is 0 Å². The van der Waals surface area contributed by atoms with Gasteiger partial charge in [0.05, 0.1) is 4.75 Å². The molecular weight excluding hydrogens is 220 g/mol. The van der Waals surface area contributed by atoms with Crippen molar-refractivity contribution in [3.05, 3.63) is 0 Å². The quantitative estimate of drug-likeness (QED) is 0.703. The van der Waals surface area contributed by atoms with Crippen molar-refractivity contribution in [2.24, 2.45) is 5.92 Å². The van der Waals surface area contributed by atoms with Crippen LogP contribution in [-0.4, -0.2) is 13.2 Å². The van der Waals surface area contributed by atoms with Gasteiger partial charge in [0.1, 0.15) is 0 Å². The van der Waals surface area contributed by atoms with Gasteiger partial charge in [-0.25, -0.2) is 8.42 Å². The molecule has 0 aromatic heterocycles. The third kappa shape index (κ3) is 2.08. The van der Waals surface area contributed by atoms with Gasteiger partial charge >= 0.3 is 0 Å². The molecule has 14 heavy (non-hydrogen) atoms. The van der Waals surface area contributed by atoms with Gasteiger partial charge in [0.25, 0.3) is 0 Å². The lowest BCUT2D eigenvalue weighted by molar-refractivity contribution is 0.467. The Bertz CT molecular complexity index is 300. The lowest BCUT2D eigenvalue weighted by Gasteiger charge is -2.14. The predicted molar refractivity (Wildman–Crippen MR) is 57.9 cm³/mol. The van der Waals surface area contributed by atoms with Crippen molar-refractivity contribution in [1.82, 2.24) is 0 Å². The second-order valence-electron chi connectivity index (χ2n) is 4.81. The Morgan fingerprint density at radius 2 is 1.79 bits per heavy atom. The van der Waals surface area contributed by atoms with Crippen LogP contribution in [0.2, 0.25) is 0 Å². The Morgan fingerprint density at radius 1 is 1.21 bits per heavy atom. The maximum absolute atomic E-state index is 11.3. The molecule has 82 valence electrons. The SMILES string of the molecule is O=S(=O)(Cl)C1(CCC2CCCC2)CC1. The van der Waals surface area contributed by atoms with Crippen LogP contribution in [0.15, 0.2) is 0 Å². The first-order valence-corrected chi connectivity index (χ1v) is 7.79. The van der Waals surface area contributed by atoms with Crippen molar-refractivity contribution in [2.75, 3.05) is 0 Å². The van der Waals surface area contributed by atoms with E-state index in [0.29, 0.717) is 0 Å². The van der Waals surface area contributed by atoms with Crippen molar-refractivity contribution < 1.29 is 8.42 Å². The van der Waals surface area contributed by atoms with E-state index in [1.54, 1.807) is 0 Å². The van der Waals surface area contributed by atoms with Gasteiger partial charge in [0.2, 0.25) is 9.05 Å². The summed E-state index contributed by atoms with van der Waals surface area (Å²) >= 11 is 0. The lowest BCUT2D eigenvalue weighted by Crippen LogP contribution is -2.18. The van der Waals surface area contributed by atoms with E-state index in [-0.39, 0.29) is 0 Å². The third-order valence-corrected chi connectivity index (χ3v) is 6.44. The van der Waals surface area contributed by atoms with E-state index < -0.39 is 13.8 Å². The molecule has 0 spiro atoms. The molecule has 0 aromatic carbocycles. The number of halogens is 1. The standard InChI is InChI=1S/C10H17ClO2S/c11-14(12,13)10(7-8-10)6-5-9-3-1-2-4-9/h9H,1-8H2. The van der Waals surface area contributed by atoms with E-state index >= 15 is 0 Å². The van der Waals surface area contributed by atoms with Crippen molar-refractivity contribution >= 4 is 19.7 Å². The molecule has 2 saturated carbocycles. The van der Waals surface area contributed by atoms with Crippen LogP contribution in [0, 0.1) is 5.92 Å². The lowest BCUT2D eigenvalue weighted by atomic mass is 10.00. The zero-order valence-electron chi connectivity index (χ0n) is 8.34. The summed E-state index contributed by atoms with van der Waals surface area (Å²) in [5.41, 5.74) is 0. The minimum atomic E-state index is -3.31. The minimum absolute atomic E-state index is 0.517. The molecule has 2 nitrogen and oxygen atoms in total. The van der Waals surface area contributed by atoms with Crippen LogP contribution in [0.25, 0.3) is 0 Å². The van der Waals surface area contributed by atoms with Crippen molar-refractivity contribution in [1.29, 1.82) is 0 Å². The zero-order chi connectivity index (χ0) is 10.2. The van der Waals surface area contributed by atoms with Crippen LogP contribution in [-0.2, 0) is 9.05 Å². The van der Waals surface area contributed by atoms with Gasteiger partial charge in [-0.3, -0.25) is 0 Å². The maximum atomic E-state index is 11.3. The van der Waals surface area contributed by atoms with E-state index in [9.17, 15) is 8.42 Å². The molecule has 0 radical (unpaired) electrons. The Balaban J connectivity index is 1.86. The Kier molecular flexibility index (Phi) is 2.82. The fraction of sp³-hybridized carbons (Fsp3) is 1.00. The first-order valence-electron chi connectivity index (χ1n) is 5.48. The summed E-state index contributed by atoms with van der Waals surface area (Å²) in [6.07, 6.45) is 8.65. The van der Waals surface area contributed by atoms with Gasteiger partial charge < -0.3 is 0 Å². The average Bonchev–Trinajstić information content (AvgIpc) is 2.72. The Morgan fingerprint density at radius 3 is 2.21 bits per heavy atom. The van der Waals surface area contributed by atoms with Crippen molar-refractivity contribution in [3.63, 3.8) is 0 Å². The summed E-state index contributed by atoms with van der Waals surface area (Å²) in [5.74, 6) is 0.769. The summed E-state index contributed by atoms with van der Waals surface area (Å²) in [7, 11) is 2.13. The maximum Gasteiger partial charge on any atom is 0.238 e. The molecule has 0 aromatic rings. The molecule has 2 fully saturated rings. The first-order chi connectivity index (χ1) is 6.54. The summed E-state index contributed by atoms with van der Waals surface area (Å²) in [4.78, 5) is 0. The van der Waals surface area contributed by atoms with E-state index in [1.807, 2.05) is 0 Å². The highest BCUT2D eigenvalue weighted by molar-refractivity contribution is 8.15. The van der Waals surface area contributed by atoms with Crippen LogP contribution >= 0.6 is 10.7 Å². The van der Waals surface area contributed by atoms with Gasteiger partial charge in [0, 0.05) is 10.7 Å². The molecule has 4 heteroatoms. The molecular formula is C10H17ClO2S. The van der Waals surface area contributed by atoms with Gasteiger partial charge in [-0.05, 0) is 31.6 Å². The highest BCUT2D eigenvalue weighted by atomic mass is 35.7. The molecule has 0 aliphatic heterocycles. The predicted octanol–water partition coefficient (Wildman–Crippen LogP) is 3.06. The van der Waals surface area contributed by atoms with E-state index in [1.165, 1.54) is 25.7 Å². The molecule has 2 aliphatic carbocycles. The van der Waals surface area contributed by atoms with Gasteiger partial charge in [-0.1, -0.05) is 25.7 Å². The number of hydrogen-bond acceptors (Lipinski definition) is 2.